The van der Waals surface area contributed by atoms with Gasteiger partial charge in [-0.25, -0.2) is 9.37 Å². The Kier molecular flexibility index (Phi) is 5.43. The lowest BCUT2D eigenvalue weighted by Crippen LogP contribution is -2.31. The summed E-state index contributed by atoms with van der Waals surface area (Å²) in [6.07, 6.45) is 3.43. The molecule has 26 heavy (non-hydrogen) atoms. The van der Waals surface area contributed by atoms with Gasteiger partial charge in [-0.1, -0.05) is 24.3 Å². The van der Waals surface area contributed by atoms with Crippen molar-refractivity contribution in [2.24, 2.45) is 7.05 Å². The quantitative estimate of drug-likeness (QED) is 0.740. The summed E-state index contributed by atoms with van der Waals surface area (Å²) in [6, 6.07) is 12.8. The molecule has 0 saturated carbocycles. The number of halogens is 1. The molecule has 6 heteroatoms. The van der Waals surface area contributed by atoms with E-state index in [4.69, 9.17) is 4.74 Å². The molecule has 5 nitrogen and oxygen atoms in total. The van der Waals surface area contributed by atoms with Gasteiger partial charge in [0.15, 0.2) is 0 Å². The molecule has 0 unspecified atom stereocenters. The number of nitrogens with one attached hydrogen (secondary N) is 1. The van der Waals surface area contributed by atoms with Crippen molar-refractivity contribution in [2.75, 3.05) is 7.11 Å². The number of ether oxygens (including phenoxy) is 1. The topological polar surface area (TPSA) is 56.1 Å². The van der Waals surface area contributed by atoms with Crippen molar-refractivity contribution in [3.63, 3.8) is 0 Å². The average Bonchev–Trinajstić information content (AvgIpc) is 3.06. The van der Waals surface area contributed by atoms with Gasteiger partial charge in [-0.3, -0.25) is 4.79 Å². The molecule has 0 aliphatic rings. The number of aromatic nitrogens is 2. The zero-order valence-electron chi connectivity index (χ0n) is 14.6. The first-order chi connectivity index (χ1) is 12.6. The summed E-state index contributed by atoms with van der Waals surface area (Å²) in [7, 11) is 3.44. The molecule has 0 bridgehead atoms. The highest BCUT2D eigenvalue weighted by atomic mass is 19.1. The number of methoxy groups -OCH3 is 1. The number of carbonyl (C=O) groups excluding carboxylic acids is 1. The number of benzene rings is 2. The van der Waals surface area contributed by atoms with Gasteiger partial charge in [0.05, 0.1) is 6.61 Å². The maximum absolute atomic E-state index is 13.7. The first-order valence-corrected chi connectivity index (χ1v) is 8.20. The highest BCUT2D eigenvalue weighted by molar-refractivity contribution is 5.94. The number of nitrogens with zero attached hydrogens (tertiary/aromatic N) is 2. The summed E-state index contributed by atoms with van der Waals surface area (Å²) in [5, 5.41) is 2.96. The number of imidazole rings is 1. The van der Waals surface area contributed by atoms with Crippen LogP contribution in [-0.4, -0.2) is 22.6 Å². The average molecular weight is 353 g/mol. The van der Waals surface area contributed by atoms with Crippen molar-refractivity contribution in [1.29, 1.82) is 0 Å². The SMILES string of the molecule is COCc1cccc(C(=O)N[C@@H](c2cccc(F)c2)c2nccn2C)c1. The van der Waals surface area contributed by atoms with Gasteiger partial charge in [-0.05, 0) is 35.4 Å². The van der Waals surface area contributed by atoms with Crippen molar-refractivity contribution >= 4 is 5.91 Å². The second-order valence-corrected chi connectivity index (χ2v) is 5.99. The van der Waals surface area contributed by atoms with Crippen LogP contribution in [0.1, 0.15) is 33.4 Å². The van der Waals surface area contributed by atoms with Crippen LogP contribution in [0.15, 0.2) is 60.9 Å². The van der Waals surface area contributed by atoms with Crippen molar-refractivity contribution in [3.8, 4) is 0 Å². The number of hydrogen-bond donors (Lipinski definition) is 1. The highest BCUT2D eigenvalue weighted by Crippen LogP contribution is 2.22. The minimum Gasteiger partial charge on any atom is -0.380 e. The van der Waals surface area contributed by atoms with Crippen LogP contribution in [0.4, 0.5) is 4.39 Å². The number of rotatable bonds is 6. The van der Waals surface area contributed by atoms with E-state index in [0.717, 1.165) is 5.56 Å². The zero-order valence-corrected chi connectivity index (χ0v) is 14.6. The molecule has 1 N–H and O–H groups in total. The Hall–Kier alpha value is -2.99. The third kappa shape index (κ3) is 3.97. The molecule has 1 atom stereocenters. The first-order valence-electron chi connectivity index (χ1n) is 8.20. The molecular formula is C20H20FN3O2. The summed E-state index contributed by atoms with van der Waals surface area (Å²) in [4.78, 5) is 17.1. The molecule has 0 fully saturated rings. The van der Waals surface area contributed by atoms with E-state index in [1.165, 1.54) is 12.1 Å². The molecule has 0 saturated heterocycles. The van der Waals surface area contributed by atoms with E-state index in [0.29, 0.717) is 23.6 Å². The van der Waals surface area contributed by atoms with Crippen LogP contribution in [0.5, 0.6) is 0 Å². The zero-order chi connectivity index (χ0) is 18.5. The maximum atomic E-state index is 13.7. The Morgan fingerprint density at radius 2 is 2.08 bits per heavy atom. The molecule has 3 aromatic rings. The van der Waals surface area contributed by atoms with Crippen molar-refractivity contribution in [3.05, 3.63) is 89.3 Å². The molecular weight excluding hydrogens is 333 g/mol. The summed E-state index contributed by atoms with van der Waals surface area (Å²) < 4.78 is 20.6. The van der Waals surface area contributed by atoms with Crippen LogP contribution in [-0.2, 0) is 18.4 Å². The molecule has 0 aliphatic heterocycles. The Morgan fingerprint density at radius 1 is 1.27 bits per heavy atom. The van der Waals surface area contributed by atoms with Gasteiger partial charge in [0.2, 0.25) is 0 Å². The number of aryl methyl sites for hydroxylation is 1. The van der Waals surface area contributed by atoms with E-state index < -0.39 is 6.04 Å². The summed E-state index contributed by atoms with van der Waals surface area (Å²) >= 11 is 0. The molecule has 134 valence electrons. The predicted octanol–water partition coefficient (Wildman–Crippen LogP) is 3.23. The van der Waals surface area contributed by atoms with E-state index in [2.05, 4.69) is 10.3 Å². The second-order valence-electron chi connectivity index (χ2n) is 5.99. The van der Waals surface area contributed by atoms with Crippen LogP contribution < -0.4 is 5.32 Å². The van der Waals surface area contributed by atoms with Gasteiger partial charge in [-0.15, -0.1) is 0 Å². The maximum Gasteiger partial charge on any atom is 0.252 e. The van der Waals surface area contributed by atoms with Gasteiger partial charge in [-0.2, -0.15) is 0 Å². The Labute approximate surface area is 151 Å². The van der Waals surface area contributed by atoms with Gasteiger partial charge in [0.1, 0.15) is 17.7 Å². The fourth-order valence-corrected chi connectivity index (χ4v) is 2.82. The van der Waals surface area contributed by atoms with Crippen LogP contribution in [0, 0.1) is 5.82 Å². The van der Waals surface area contributed by atoms with E-state index in [9.17, 15) is 9.18 Å². The van der Waals surface area contributed by atoms with Crippen molar-refractivity contribution < 1.29 is 13.9 Å². The van der Waals surface area contributed by atoms with Crippen LogP contribution in [0.2, 0.25) is 0 Å². The number of carbonyl (C=O) groups is 1. The Balaban J connectivity index is 1.92. The second kappa shape index (κ2) is 7.93. The number of amides is 1. The number of hydrogen-bond acceptors (Lipinski definition) is 3. The Morgan fingerprint density at radius 3 is 2.77 bits per heavy atom. The van der Waals surface area contributed by atoms with Gasteiger partial charge in [0.25, 0.3) is 5.91 Å². The predicted molar refractivity (Wildman–Crippen MR) is 96.1 cm³/mol. The highest BCUT2D eigenvalue weighted by Gasteiger charge is 2.22. The molecule has 1 heterocycles. The van der Waals surface area contributed by atoms with Gasteiger partial charge in [0, 0.05) is 32.1 Å². The lowest BCUT2D eigenvalue weighted by atomic mass is 10.0. The van der Waals surface area contributed by atoms with Crippen LogP contribution in [0.25, 0.3) is 0 Å². The lowest BCUT2D eigenvalue weighted by Gasteiger charge is -2.19. The summed E-state index contributed by atoms with van der Waals surface area (Å²) in [5.74, 6) is -0.00439. The Bertz CT molecular complexity index is 907. The van der Waals surface area contributed by atoms with Crippen LogP contribution in [0.3, 0.4) is 0 Å². The minimum absolute atomic E-state index is 0.264. The molecule has 0 spiro atoms. The smallest absolute Gasteiger partial charge is 0.252 e. The molecule has 0 radical (unpaired) electrons. The summed E-state index contributed by atoms with van der Waals surface area (Å²) in [5.41, 5.74) is 2.04. The van der Waals surface area contributed by atoms with Gasteiger partial charge < -0.3 is 14.6 Å². The van der Waals surface area contributed by atoms with E-state index in [1.54, 1.807) is 54.4 Å². The van der Waals surface area contributed by atoms with Crippen molar-refractivity contribution in [2.45, 2.75) is 12.6 Å². The molecule has 3 rings (SSSR count). The molecule has 1 amide bonds. The largest absolute Gasteiger partial charge is 0.380 e. The molecule has 0 aliphatic carbocycles. The summed E-state index contributed by atoms with van der Waals surface area (Å²) in [6.45, 7) is 0.424. The fraction of sp³-hybridized carbons (Fsp3) is 0.200. The van der Waals surface area contributed by atoms with E-state index >= 15 is 0 Å². The normalized spacial score (nSPS) is 12.0. The molecule has 1 aromatic heterocycles. The van der Waals surface area contributed by atoms with E-state index in [1.807, 2.05) is 13.1 Å². The standard InChI is InChI=1S/C20H20FN3O2/c1-24-10-9-22-19(24)18(15-6-4-8-17(21)12-15)23-20(25)16-7-3-5-14(11-16)13-26-2/h3-12,18H,13H2,1-2H3,(H,23,25)/t18-/m0/s1. The van der Waals surface area contributed by atoms with Crippen LogP contribution >= 0.6 is 0 Å². The third-order valence-electron chi connectivity index (χ3n) is 4.07. The fourth-order valence-electron chi connectivity index (χ4n) is 2.82. The van der Waals surface area contributed by atoms with E-state index in [-0.39, 0.29) is 11.7 Å². The first kappa shape index (κ1) is 17.8. The third-order valence-corrected chi connectivity index (χ3v) is 4.07. The monoisotopic (exact) mass is 353 g/mol. The molecule has 2 aromatic carbocycles. The van der Waals surface area contributed by atoms with Crippen molar-refractivity contribution in [1.82, 2.24) is 14.9 Å². The minimum atomic E-state index is -0.565. The van der Waals surface area contributed by atoms with Gasteiger partial charge >= 0.3 is 0 Å². The lowest BCUT2D eigenvalue weighted by molar-refractivity contribution is 0.0940.